The molecule has 1 aromatic heterocycles. The topological polar surface area (TPSA) is 85.7 Å². The molecule has 0 radical (unpaired) electrons. The van der Waals surface area contributed by atoms with Crippen molar-refractivity contribution < 1.29 is 28.6 Å². The normalized spacial score (nSPS) is 10.7. The Morgan fingerprint density at radius 3 is 2.42 bits per heavy atom. The van der Waals surface area contributed by atoms with Crippen LogP contribution in [0.4, 0.5) is 4.39 Å². The van der Waals surface area contributed by atoms with Gasteiger partial charge in [0.1, 0.15) is 35.3 Å². The van der Waals surface area contributed by atoms with Gasteiger partial charge in [-0.1, -0.05) is 11.6 Å². The summed E-state index contributed by atoms with van der Waals surface area (Å²) in [4.78, 5) is 29.7. The van der Waals surface area contributed by atoms with E-state index in [0.29, 0.717) is 33.9 Å². The third kappa shape index (κ3) is 5.94. The Kier molecular flexibility index (Phi) is 8.14. The summed E-state index contributed by atoms with van der Waals surface area (Å²) in [7, 11) is 1.49. The maximum absolute atomic E-state index is 13.7. The number of Topliss-reactive ketones (excluding diaryl/α,β-unsaturated/α-hetero) is 2. The number of ether oxygens (including phenoxy) is 2. The number of aliphatic hydroxyl groups excluding tert-OH is 1. The third-order valence-corrected chi connectivity index (χ3v) is 5.27. The first kappa shape index (κ1) is 24.4. The van der Waals surface area contributed by atoms with Gasteiger partial charge in [-0.05, 0) is 61.0 Å². The molecule has 0 saturated heterocycles. The molecule has 0 bridgehead atoms. The lowest BCUT2D eigenvalue weighted by molar-refractivity contribution is 0.0915. The van der Waals surface area contributed by atoms with Gasteiger partial charge in [0.05, 0.1) is 18.7 Å². The molecule has 0 aliphatic carbocycles. The van der Waals surface area contributed by atoms with Crippen LogP contribution in [0.15, 0.2) is 48.5 Å². The monoisotopic (exact) mass is 471 g/mol. The van der Waals surface area contributed by atoms with Crippen LogP contribution in [-0.4, -0.2) is 42.0 Å². The van der Waals surface area contributed by atoms with Crippen molar-refractivity contribution in [2.24, 2.45) is 0 Å². The van der Waals surface area contributed by atoms with Crippen molar-refractivity contribution in [3.05, 3.63) is 76.2 Å². The summed E-state index contributed by atoms with van der Waals surface area (Å²) in [5.74, 6) is -0.0744. The second kappa shape index (κ2) is 11.0. The molecule has 0 amide bonds. The Labute approximate surface area is 195 Å². The van der Waals surface area contributed by atoms with Crippen LogP contribution >= 0.6 is 11.6 Å². The largest absolute Gasteiger partial charge is 0.494 e. The van der Waals surface area contributed by atoms with Crippen LogP contribution in [0.25, 0.3) is 11.3 Å². The van der Waals surface area contributed by atoms with E-state index in [-0.39, 0.29) is 54.2 Å². The number of benzene rings is 2. The average molecular weight is 472 g/mol. The number of aromatic nitrogens is 1. The van der Waals surface area contributed by atoms with Crippen LogP contribution in [-0.2, 0) is 0 Å². The molecular formula is C25H23ClFNO5. The minimum Gasteiger partial charge on any atom is -0.494 e. The Morgan fingerprint density at radius 1 is 1.03 bits per heavy atom. The Morgan fingerprint density at radius 2 is 1.76 bits per heavy atom. The summed E-state index contributed by atoms with van der Waals surface area (Å²) < 4.78 is 24.3. The SMILES string of the molecule is COc1ccc(C(=O)CCC(=O)c2ccc(OCCO)c(Cl)c2)nc1-c1ccc(F)c(C)c1. The molecule has 1 heterocycles. The summed E-state index contributed by atoms with van der Waals surface area (Å²) in [5.41, 5.74) is 2.03. The number of methoxy groups -OCH3 is 1. The molecule has 8 heteroatoms. The number of ketones is 2. The molecule has 0 fully saturated rings. The molecule has 3 rings (SSSR count). The van der Waals surface area contributed by atoms with Gasteiger partial charge in [-0.25, -0.2) is 9.37 Å². The first-order valence-corrected chi connectivity index (χ1v) is 10.6. The number of nitrogens with zero attached hydrogens (tertiary/aromatic N) is 1. The molecule has 0 aliphatic rings. The molecule has 1 N–H and O–H groups in total. The van der Waals surface area contributed by atoms with E-state index >= 15 is 0 Å². The van der Waals surface area contributed by atoms with Crippen LogP contribution in [0.5, 0.6) is 11.5 Å². The molecule has 0 spiro atoms. The van der Waals surface area contributed by atoms with Crippen molar-refractivity contribution in [3.63, 3.8) is 0 Å². The van der Waals surface area contributed by atoms with Crippen molar-refractivity contribution in [2.75, 3.05) is 20.3 Å². The van der Waals surface area contributed by atoms with Crippen molar-refractivity contribution in [3.8, 4) is 22.8 Å². The quantitative estimate of drug-likeness (QED) is 0.415. The number of hydrogen-bond acceptors (Lipinski definition) is 6. The Bertz CT molecular complexity index is 1180. The number of halogens is 2. The molecule has 172 valence electrons. The highest BCUT2D eigenvalue weighted by atomic mass is 35.5. The molecule has 0 saturated carbocycles. The van der Waals surface area contributed by atoms with Crippen molar-refractivity contribution >= 4 is 23.2 Å². The van der Waals surface area contributed by atoms with Crippen LogP contribution in [0.3, 0.4) is 0 Å². The standard InChI is InChI=1S/C25H23ClFNO5/c1-15-13-17(3-5-19(15)27)25-24(32-2)10-6-20(28-25)22(31)8-7-21(30)16-4-9-23(18(26)14-16)33-12-11-29/h3-6,9-10,13-14,29H,7-8,11-12H2,1-2H3. The molecule has 33 heavy (non-hydrogen) atoms. The van der Waals surface area contributed by atoms with E-state index in [1.807, 2.05) is 0 Å². The van der Waals surface area contributed by atoms with Crippen molar-refractivity contribution in [1.82, 2.24) is 4.98 Å². The fourth-order valence-electron chi connectivity index (χ4n) is 3.21. The van der Waals surface area contributed by atoms with E-state index in [2.05, 4.69) is 4.98 Å². The maximum atomic E-state index is 13.7. The van der Waals surface area contributed by atoms with Crippen molar-refractivity contribution in [1.29, 1.82) is 0 Å². The number of carbonyl (C=O) groups excluding carboxylic acids is 2. The highest BCUT2D eigenvalue weighted by Gasteiger charge is 2.17. The van der Waals surface area contributed by atoms with Crippen molar-refractivity contribution in [2.45, 2.75) is 19.8 Å². The van der Waals surface area contributed by atoms with Gasteiger partial charge in [0, 0.05) is 24.0 Å². The van der Waals surface area contributed by atoms with E-state index in [4.69, 9.17) is 26.2 Å². The van der Waals surface area contributed by atoms with E-state index in [9.17, 15) is 14.0 Å². The summed E-state index contributed by atoms with van der Waals surface area (Å²) in [6.45, 7) is 1.58. The lowest BCUT2D eigenvalue weighted by atomic mass is 10.0. The smallest absolute Gasteiger partial charge is 0.181 e. The average Bonchev–Trinajstić information content (AvgIpc) is 2.82. The highest BCUT2D eigenvalue weighted by molar-refractivity contribution is 6.32. The lowest BCUT2D eigenvalue weighted by Gasteiger charge is -2.11. The van der Waals surface area contributed by atoms with Gasteiger partial charge >= 0.3 is 0 Å². The minimum absolute atomic E-state index is 0.0231. The first-order valence-electron chi connectivity index (χ1n) is 10.2. The zero-order valence-electron chi connectivity index (χ0n) is 18.2. The van der Waals surface area contributed by atoms with Gasteiger partial charge in [0.25, 0.3) is 0 Å². The molecule has 0 unspecified atom stereocenters. The summed E-state index contributed by atoms with van der Waals surface area (Å²) in [5, 5.41) is 9.08. The predicted molar refractivity (Wildman–Crippen MR) is 123 cm³/mol. The summed E-state index contributed by atoms with van der Waals surface area (Å²) in [6.07, 6.45) is -0.0643. The molecular weight excluding hydrogens is 449 g/mol. The summed E-state index contributed by atoms with van der Waals surface area (Å²) >= 11 is 6.12. The van der Waals surface area contributed by atoms with Crippen LogP contribution < -0.4 is 9.47 Å². The van der Waals surface area contributed by atoms with Gasteiger partial charge < -0.3 is 14.6 Å². The third-order valence-electron chi connectivity index (χ3n) is 4.98. The van der Waals surface area contributed by atoms with Gasteiger partial charge in [-0.3, -0.25) is 9.59 Å². The fourth-order valence-corrected chi connectivity index (χ4v) is 3.45. The van der Waals surface area contributed by atoms with E-state index in [0.717, 1.165) is 0 Å². The van der Waals surface area contributed by atoms with Crippen LogP contribution in [0.2, 0.25) is 5.02 Å². The number of aryl methyl sites for hydroxylation is 1. The number of rotatable bonds is 10. The summed E-state index contributed by atoms with van der Waals surface area (Å²) in [6, 6.07) is 12.3. The van der Waals surface area contributed by atoms with Crippen LogP contribution in [0.1, 0.15) is 39.3 Å². The molecule has 3 aromatic rings. The van der Waals surface area contributed by atoms with E-state index < -0.39 is 0 Å². The van der Waals surface area contributed by atoms with Crippen LogP contribution in [0, 0.1) is 12.7 Å². The molecule has 0 atom stereocenters. The van der Waals surface area contributed by atoms with Gasteiger partial charge in [0.2, 0.25) is 0 Å². The second-order valence-electron chi connectivity index (χ2n) is 7.27. The number of pyridine rings is 1. The maximum Gasteiger partial charge on any atom is 0.181 e. The zero-order chi connectivity index (χ0) is 24.0. The zero-order valence-corrected chi connectivity index (χ0v) is 19.0. The van der Waals surface area contributed by atoms with Gasteiger partial charge in [-0.15, -0.1) is 0 Å². The second-order valence-corrected chi connectivity index (χ2v) is 7.68. The molecule has 6 nitrogen and oxygen atoms in total. The highest BCUT2D eigenvalue weighted by Crippen LogP contribution is 2.30. The number of aliphatic hydroxyl groups is 1. The molecule has 0 aliphatic heterocycles. The van der Waals surface area contributed by atoms with Gasteiger partial charge in [-0.2, -0.15) is 0 Å². The molecule has 2 aromatic carbocycles. The first-order chi connectivity index (χ1) is 15.8. The fraction of sp³-hybridized carbons (Fsp3) is 0.240. The number of carbonyl (C=O) groups is 2. The van der Waals surface area contributed by atoms with E-state index in [1.165, 1.54) is 25.3 Å². The van der Waals surface area contributed by atoms with Gasteiger partial charge in [0.15, 0.2) is 11.6 Å². The Hall–Kier alpha value is -3.29. The minimum atomic E-state index is -0.337. The van der Waals surface area contributed by atoms with E-state index in [1.54, 1.807) is 37.3 Å². The number of hydrogen-bond donors (Lipinski definition) is 1. The lowest BCUT2D eigenvalue weighted by Crippen LogP contribution is -2.08. The Balaban J connectivity index is 1.73. The predicted octanol–water partition coefficient (Wildman–Crippen LogP) is 5.08.